The van der Waals surface area contributed by atoms with Crippen molar-refractivity contribution in [3.05, 3.63) is 54.1 Å². The first kappa shape index (κ1) is 14.1. The Morgan fingerprint density at radius 3 is 2.15 bits per heavy atom. The average Bonchev–Trinajstić information content (AvgIpc) is 2.37. The number of benzene rings is 2. The third kappa shape index (κ3) is 3.38. The predicted molar refractivity (Wildman–Crippen MR) is 78.7 cm³/mol. The fraction of sp³-hybridized carbons (Fsp3) is 0.235. The van der Waals surface area contributed by atoms with Crippen LogP contribution in [0.2, 0.25) is 0 Å². The van der Waals surface area contributed by atoms with E-state index in [1.807, 2.05) is 32.9 Å². The minimum Gasteiger partial charge on any atom is -0.507 e. The normalized spacial score (nSPS) is 11.2. The van der Waals surface area contributed by atoms with Crippen LogP contribution in [-0.4, -0.2) is 16.7 Å². The highest BCUT2D eigenvalue weighted by Gasteiger charge is 2.17. The van der Waals surface area contributed by atoms with Crippen molar-refractivity contribution in [1.29, 1.82) is 0 Å². The summed E-state index contributed by atoms with van der Waals surface area (Å²) in [5.74, 6) is -0.126. The monoisotopic (exact) mass is 270 g/mol. The van der Waals surface area contributed by atoms with Gasteiger partial charge in [0.25, 0.3) is 0 Å². The van der Waals surface area contributed by atoms with Crippen LogP contribution >= 0.6 is 0 Å². The number of hydrogen-bond acceptors (Lipinski definition) is 3. The van der Waals surface area contributed by atoms with Crippen molar-refractivity contribution in [3.8, 4) is 16.9 Å². The Hall–Kier alpha value is -2.29. The molecule has 0 amide bonds. The number of carbonyl (C=O) groups excluding carboxylic acids is 1. The zero-order valence-corrected chi connectivity index (χ0v) is 11.9. The van der Waals surface area contributed by atoms with E-state index in [1.165, 1.54) is 0 Å². The van der Waals surface area contributed by atoms with E-state index >= 15 is 0 Å². The molecule has 0 aromatic heterocycles. The maximum atomic E-state index is 11.9. The highest BCUT2D eigenvalue weighted by molar-refractivity contribution is 5.90. The number of para-hydroxylation sites is 1. The summed E-state index contributed by atoms with van der Waals surface area (Å²) in [6, 6.07) is 14.1. The molecule has 0 bridgehead atoms. The van der Waals surface area contributed by atoms with Gasteiger partial charge in [0.2, 0.25) is 0 Å². The lowest BCUT2D eigenvalue weighted by Gasteiger charge is -2.19. The van der Waals surface area contributed by atoms with Crippen LogP contribution in [0.5, 0.6) is 5.75 Å². The molecule has 2 rings (SSSR count). The summed E-state index contributed by atoms with van der Waals surface area (Å²) in [6.07, 6.45) is 0. The molecule has 0 aliphatic heterocycles. The number of aromatic hydroxyl groups is 1. The molecule has 0 fully saturated rings. The van der Waals surface area contributed by atoms with Crippen molar-refractivity contribution in [2.75, 3.05) is 0 Å². The van der Waals surface area contributed by atoms with E-state index in [0.29, 0.717) is 5.56 Å². The third-order valence-electron chi connectivity index (χ3n) is 2.73. The van der Waals surface area contributed by atoms with Gasteiger partial charge < -0.3 is 9.84 Å². The maximum absolute atomic E-state index is 11.9. The quantitative estimate of drug-likeness (QED) is 0.838. The Labute approximate surface area is 118 Å². The summed E-state index contributed by atoms with van der Waals surface area (Å²) in [6.45, 7) is 5.50. The molecule has 2 aromatic carbocycles. The number of phenols is 1. The van der Waals surface area contributed by atoms with Crippen molar-refractivity contribution < 1.29 is 14.6 Å². The molecule has 3 heteroatoms. The van der Waals surface area contributed by atoms with Crippen molar-refractivity contribution >= 4 is 5.97 Å². The lowest BCUT2D eigenvalue weighted by molar-refractivity contribution is 0.00696. The summed E-state index contributed by atoms with van der Waals surface area (Å²) in [5, 5.41) is 9.80. The molecule has 0 saturated carbocycles. The van der Waals surface area contributed by atoms with Gasteiger partial charge in [0.1, 0.15) is 11.4 Å². The lowest BCUT2D eigenvalue weighted by Crippen LogP contribution is -2.23. The number of hydrogen-bond donors (Lipinski definition) is 1. The summed E-state index contributed by atoms with van der Waals surface area (Å²) < 4.78 is 5.30. The number of esters is 1. The SMILES string of the molecule is CC(C)(C)OC(=O)c1ccc(-c2ccccc2O)cc1. The minimum atomic E-state index is -0.506. The van der Waals surface area contributed by atoms with E-state index in [1.54, 1.807) is 36.4 Å². The maximum Gasteiger partial charge on any atom is 0.338 e. The molecule has 0 atom stereocenters. The molecule has 20 heavy (non-hydrogen) atoms. The van der Waals surface area contributed by atoms with Gasteiger partial charge in [-0.2, -0.15) is 0 Å². The smallest absolute Gasteiger partial charge is 0.338 e. The molecule has 0 saturated heterocycles. The Balaban J connectivity index is 2.23. The third-order valence-corrected chi connectivity index (χ3v) is 2.73. The van der Waals surface area contributed by atoms with Crippen LogP contribution in [0.4, 0.5) is 0 Å². The zero-order valence-electron chi connectivity index (χ0n) is 11.9. The van der Waals surface area contributed by atoms with E-state index in [4.69, 9.17) is 4.74 Å². The summed E-state index contributed by atoms with van der Waals surface area (Å²) in [5.41, 5.74) is 1.59. The Bertz CT molecular complexity index is 607. The van der Waals surface area contributed by atoms with Crippen LogP contribution in [0, 0.1) is 0 Å². The molecule has 2 aromatic rings. The van der Waals surface area contributed by atoms with Gasteiger partial charge in [-0.05, 0) is 44.5 Å². The van der Waals surface area contributed by atoms with E-state index in [2.05, 4.69) is 0 Å². The lowest BCUT2D eigenvalue weighted by atomic mass is 10.0. The van der Waals surface area contributed by atoms with E-state index in [-0.39, 0.29) is 11.7 Å². The fourth-order valence-corrected chi connectivity index (χ4v) is 1.84. The second kappa shape index (κ2) is 5.37. The van der Waals surface area contributed by atoms with Crippen molar-refractivity contribution in [1.82, 2.24) is 0 Å². The van der Waals surface area contributed by atoms with Crippen LogP contribution < -0.4 is 0 Å². The largest absolute Gasteiger partial charge is 0.507 e. The molecular formula is C17H18O3. The molecule has 3 nitrogen and oxygen atoms in total. The predicted octanol–water partition coefficient (Wildman–Crippen LogP) is 4.01. The van der Waals surface area contributed by atoms with Gasteiger partial charge in [-0.3, -0.25) is 0 Å². The van der Waals surface area contributed by atoms with Crippen LogP contribution in [-0.2, 0) is 4.74 Å². The highest BCUT2D eigenvalue weighted by atomic mass is 16.6. The Morgan fingerprint density at radius 1 is 1.00 bits per heavy atom. The van der Waals surface area contributed by atoms with Gasteiger partial charge in [-0.25, -0.2) is 4.79 Å². The van der Waals surface area contributed by atoms with Crippen molar-refractivity contribution in [2.24, 2.45) is 0 Å². The highest BCUT2D eigenvalue weighted by Crippen LogP contribution is 2.28. The van der Waals surface area contributed by atoms with Gasteiger partial charge in [-0.15, -0.1) is 0 Å². The first-order chi connectivity index (χ1) is 9.37. The number of ether oxygens (including phenoxy) is 1. The standard InChI is InChI=1S/C17H18O3/c1-17(2,3)20-16(19)13-10-8-12(9-11-13)14-6-4-5-7-15(14)18/h4-11,18H,1-3H3. The van der Waals surface area contributed by atoms with Crippen molar-refractivity contribution in [2.45, 2.75) is 26.4 Å². The fourth-order valence-electron chi connectivity index (χ4n) is 1.84. The van der Waals surface area contributed by atoms with E-state index in [9.17, 15) is 9.90 Å². The van der Waals surface area contributed by atoms with Gasteiger partial charge >= 0.3 is 5.97 Å². The molecule has 0 heterocycles. The first-order valence-electron chi connectivity index (χ1n) is 6.48. The number of phenolic OH excluding ortho intramolecular Hbond substituents is 1. The topological polar surface area (TPSA) is 46.5 Å². The van der Waals surface area contributed by atoms with Crippen LogP contribution in [0.15, 0.2) is 48.5 Å². The Morgan fingerprint density at radius 2 is 1.60 bits per heavy atom. The van der Waals surface area contributed by atoms with Gasteiger partial charge in [0.15, 0.2) is 0 Å². The van der Waals surface area contributed by atoms with Gasteiger partial charge in [0, 0.05) is 5.56 Å². The zero-order chi connectivity index (χ0) is 14.8. The van der Waals surface area contributed by atoms with Crippen LogP contribution in [0.3, 0.4) is 0 Å². The molecule has 0 radical (unpaired) electrons. The molecule has 0 aliphatic carbocycles. The minimum absolute atomic E-state index is 0.220. The number of rotatable bonds is 2. The number of carbonyl (C=O) groups is 1. The average molecular weight is 270 g/mol. The second-order valence-electron chi connectivity index (χ2n) is 5.60. The van der Waals surface area contributed by atoms with Crippen LogP contribution in [0.1, 0.15) is 31.1 Å². The van der Waals surface area contributed by atoms with E-state index in [0.717, 1.165) is 11.1 Å². The Kier molecular flexibility index (Phi) is 3.79. The first-order valence-corrected chi connectivity index (χ1v) is 6.48. The summed E-state index contributed by atoms with van der Waals surface area (Å²) in [7, 11) is 0. The van der Waals surface area contributed by atoms with Gasteiger partial charge in [-0.1, -0.05) is 30.3 Å². The van der Waals surface area contributed by atoms with E-state index < -0.39 is 5.60 Å². The molecule has 0 aliphatic rings. The van der Waals surface area contributed by atoms with Gasteiger partial charge in [0.05, 0.1) is 5.56 Å². The summed E-state index contributed by atoms with van der Waals surface area (Å²) in [4.78, 5) is 11.9. The molecule has 0 unspecified atom stereocenters. The molecule has 104 valence electrons. The molecule has 0 spiro atoms. The molecular weight excluding hydrogens is 252 g/mol. The summed E-state index contributed by atoms with van der Waals surface area (Å²) >= 11 is 0. The molecule has 1 N–H and O–H groups in total. The second-order valence-corrected chi connectivity index (χ2v) is 5.60. The van der Waals surface area contributed by atoms with Crippen LogP contribution in [0.25, 0.3) is 11.1 Å². The van der Waals surface area contributed by atoms with Crippen molar-refractivity contribution in [3.63, 3.8) is 0 Å².